The highest BCUT2D eigenvalue weighted by molar-refractivity contribution is 5.83. The van der Waals surface area contributed by atoms with Crippen molar-refractivity contribution in [3.63, 3.8) is 0 Å². The van der Waals surface area contributed by atoms with Crippen LogP contribution in [0.3, 0.4) is 0 Å². The SMILES string of the molecule is OC(COC(c1ccccc1)c1ccc2ccccc2c1)CN1CCN(c2ccc(F)cc2)CC1. The van der Waals surface area contributed by atoms with Gasteiger partial charge in [0.25, 0.3) is 0 Å². The summed E-state index contributed by atoms with van der Waals surface area (Å²) in [5.74, 6) is -0.215. The van der Waals surface area contributed by atoms with Gasteiger partial charge < -0.3 is 14.7 Å². The van der Waals surface area contributed by atoms with Crippen molar-refractivity contribution in [1.29, 1.82) is 0 Å². The van der Waals surface area contributed by atoms with Crippen molar-refractivity contribution in [3.8, 4) is 0 Å². The minimum absolute atomic E-state index is 0.215. The Hall–Kier alpha value is -3.25. The van der Waals surface area contributed by atoms with Crippen LogP contribution in [0.1, 0.15) is 17.2 Å². The van der Waals surface area contributed by atoms with Crippen LogP contribution in [0.5, 0.6) is 0 Å². The van der Waals surface area contributed by atoms with Crippen LogP contribution in [0, 0.1) is 5.82 Å². The molecule has 5 heteroatoms. The Morgan fingerprint density at radius 3 is 2.17 bits per heavy atom. The highest BCUT2D eigenvalue weighted by atomic mass is 19.1. The molecule has 1 aliphatic heterocycles. The first-order valence-corrected chi connectivity index (χ1v) is 12.2. The minimum Gasteiger partial charge on any atom is -0.389 e. The van der Waals surface area contributed by atoms with Crippen LogP contribution < -0.4 is 4.90 Å². The van der Waals surface area contributed by atoms with E-state index in [0.717, 1.165) is 43.0 Å². The quantitative estimate of drug-likeness (QED) is 0.381. The molecule has 0 aliphatic carbocycles. The molecule has 0 amide bonds. The molecule has 1 aliphatic rings. The van der Waals surface area contributed by atoms with E-state index in [9.17, 15) is 9.50 Å². The Morgan fingerprint density at radius 2 is 1.43 bits per heavy atom. The number of piperazine rings is 1. The molecule has 4 aromatic carbocycles. The lowest BCUT2D eigenvalue weighted by molar-refractivity contribution is -0.00889. The Balaban J connectivity index is 1.20. The van der Waals surface area contributed by atoms with Crippen LogP contribution in [0.2, 0.25) is 0 Å². The zero-order valence-corrected chi connectivity index (χ0v) is 19.8. The van der Waals surface area contributed by atoms with Crippen molar-refractivity contribution in [2.45, 2.75) is 12.2 Å². The number of anilines is 1. The lowest BCUT2D eigenvalue weighted by Gasteiger charge is -2.37. The van der Waals surface area contributed by atoms with Gasteiger partial charge in [0.15, 0.2) is 0 Å². The number of hydrogen-bond donors (Lipinski definition) is 1. The van der Waals surface area contributed by atoms with Crippen molar-refractivity contribution in [2.75, 3.05) is 44.2 Å². The Kier molecular flexibility index (Phi) is 7.38. The van der Waals surface area contributed by atoms with E-state index in [-0.39, 0.29) is 18.5 Å². The largest absolute Gasteiger partial charge is 0.389 e. The number of ether oxygens (including phenoxy) is 1. The third-order valence-electron chi connectivity index (χ3n) is 6.67. The molecule has 35 heavy (non-hydrogen) atoms. The molecule has 2 unspecified atom stereocenters. The van der Waals surface area contributed by atoms with Gasteiger partial charge in [0.2, 0.25) is 0 Å². The van der Waals surface area contributed by atoms with E-state index in [1.807, 2.05) is 42.5 Å². The maximum absolute atomic E-state index is 13.2. The zero-order chi connectivity index (χ0) is 24.0. The van der Waals surface area contributed by atoms with Gasteiger partial charge in [-0.3, -0.25) is 4.90 Å². The highest BCUT2D eigenvalue weighted by Crippen LogP contribution is 2.29. The molecule has 5 rings (SSSR count). The van der Waals surface area contributed by atoms with Gasteiger partial charge in [0.05, 0.1) is 12.7 Å². The van der Waals surface area contributed by atoms with Crippen molar-refractivity contribution in [1.82, 2.24) is 4.90 Å². The number of rotatable bonds is 8. The predicted molar refractivity (Wildman–Crippen MR) is 139 cm³/mol. The highest BCUT2D eigenvalue weighted by Gasteiger charge is 2.22. The van der Waals surface area contributed by atoms with Crippen molar-refractivity contribution >= 4 is 16.5 Å². The zero-order valence-electron chi connectivity index (χ0n) is 19.8. The van der Waals surface area contributed by atoms with Crippen LogP contribution >= 0.6 is 0 Å². The maximum Gasteiger partial charge on any atom is 0.123 e. The molecule has 180 valence electrons. The van der Waals surface area contributed by atoms with Crippen molar-refractivity contribution < 1.29 is 14.2 Å². The fourth-order valence-electron chi connectivity index (χ4n) is 4.78. The van der Waals surface area contributed by atoms with Gasteiger partial charge in [0.1, 0.15) is 11.9 Å². The van der Waals surface area contributed by atoms with E-state index in [2.05, 4.69) is 52.3 Å². The van der Waals surface area contributed by atoms with E-state index in [4.69, 9.17) is 4.74 Å². The first-order chi connectivity index (χ1) is 17.2. The number of β-amino-alcohol motifs (C(OH)–C–C–N with tert-alkyl or cyclic N) is 1. The first-order valence-electron chi connectivity index (χ1n) is 12.2. The number of benzene rings is 4. The summed E-state index contributed by atoms with van der Waals surface area (Å²) in [6, 6.07) is 31.6. The van der Waals surface area contributed by atoms with Crippen LogP contribution in [0.4, 0.5) is 10.1 Å². The van der Waals surface area contributed by atoms with Gasteiger partial charge in [-0.05, 0) is 52.2 Å². The third kappa shape index (κ3) is 5.88. The van der Waals surface area contributed by atoms with Gasteiger partial charge in [-0.2, -0.15) is 0 Å². The van der Waals surface area contributed by atoms with Gasteiger partial charge in [-0.15, -0.1) is 0 Å². The maximum atomic E-state index is 13.2. The van der Waals surface area contributed by atoms with Crippen LogP contribution in [0.25, 0.3) is 10.8 Å². The Morgan fingerprint density at radius 1 is 0.743 bits per heavy atom. The summed E-state index contributed by atoms with van der Waals surface area (Å²) in [7, 11) is 0. The molecule has 1 fully saturated rings. The van der Waals surface area contributed by atoms with E-state index in [1.165, 1.54) is 22.9 Å². The second kappa shape index (κ2) is 11.0. The molecular formula is C30H31FN2O2. The van der Waals surface area contributed by atoms with Crippen LogP contribution in [-0.2, 0) is 4.74 Å². The van der Waals surface area contributed by atoms with E-state index >= 15 is 0 Å². The summed E-state index contributed by atoms with van der Waals surface area (Å²) in [5.41, 5.74) is 3.19. The molecular weight excluding hydrogens is 439 g/mol. The minimum atomic E-state index is -0.584. The average Bonchev–Trinajstić information content (AvgIpc) is 2.90. The fourth-order valence-corrected chi connectivity index (χ4v) is 4.78. The summed E-state index contributed by atoms with van der Waals surface area (Å²) in [6.45, 7) is 4.22. The Labute approximate surface area is 206 Å². The van der Waals surface area contributed by atoms with E-state index in [1.54, 1.807) is 0 Å². The summed E-state index contributed by atoms with van der Waals surface area (Å²) in [6.07, 6.45) is -0.829. The molecule has 0 radical (unpaired) electrons. The fraction of sp³-hybridized carbons (Fsp3) is 0.267. The smallest absolute Gasteiger partial charge is 0.123 e. The summed E-state index contributed by atoms with van der Waals surface area (Å²) < 4.78 is 19.6. The number of nitrogens with zero attached hydrogens (tertiary/aromatic N) is 2. The van der Waals surface area contributed by atoms with E-state index in [0.29, 0.717) is 6.54 Å². The lowest BCUT2D eigenvalue weighted by atomic mass is 9.98. The van der Waals surface area contributed by atoms with Crippen LogP contribution in [-0.4, -0.2) is 55.4 Å². The molecule has 1 heterocycles. The molecule has 0 saturated carbocycles. The molecule has 0 bridgehead atoms. The molecule has 2 atom stereocenters. The first kappa shape index (κ1) is 23.5. The van der Waals surface area contributed by atoms with Crippen molar-refractivity contribution in [2.24, 2.45) is 0 Å². The van der Waals surface area contributed by atoms with Gasteiger partial charge in [-0.1, -0.05) is 66.7 Å². The van der Waals surface area contributed by atoms with Gasteiger partial charge in [-0.25, -0.2) is 4.39 Å². The third-order valence-corrected chi connectivity index (χ3v) is 6.67. The average molecular weight is 471 g/mol. The van der Waals surface area contributed by atoms with Gasteiger partial charge >= 0.3 is 0 Å². The second-order valence-corrected chi connectivity index (χ2v) is 9.15. The van der Waals surface area contributed by atoms with Crippen molar-refractivity contribution in [3.05, 3.63) is 114 Å². The molecule has 4 aromatic rings. The standard InChI is InChI=1S/C30H31FN2O2/c31-27-12-14-28(15-13-27)33-18-16-32(17-19-33)21-29(34)22-35-30(24-7-2-1-3-8-24)26-11-10-23-6-4-5-9-25(23)20-26/h1-15,20,29-30,34H,16-19,21-22H2. The molecule has 0 aromatic heterocycles. The molecule has 0 spiro atoms. The normalized spacial score (nSPS) is 16.3. The number of fused-ring (bicyclic) bond motifs is 1. The second-order valence-electron chi connectivity index (χ2n) is 9.15. The molecule has 1 N–H and O–H groups in total. The predicted octanol–water partition coefficient (Wildman–Crippen LogP) is 5.27. The molecule has 1 saturated heterocycles. The van der Waals surface area contributed by atoms with Crippen LogP contribution in [0.15, 0.2) is 97.1 Å². The number of hydrogen-bond acceptors (Lipinski definition) is 4. The number of aliphatic hydroxyl groups is 1. The summed E-state index contributed by atoms with van der Waals surface area (Å²) >= 11 is 0. The Bertz CT molecular complexity index is 1220. The number of halogens is 1. The summed E-state index contributed by atoms with van der Waals surface area (Å²) in [5, 5.41) is 13.2. The molecule has 4 nitrogen and oxygen atoms in total. The summed E-state index contributed by atoms with van der Waals surface area (Å²) in [4.78, 5) is 4.52. The number of aliphatic hydroxyl groups excluding tert-OH is 1. The van der Waals surface area contributed by atoms with E-state index < -0.39 is 6.10 Å². The lowest BCUT2D eigenvalue weighted by Crippen LogP contribution is -2.49. The monoisotopic (exact) mass is 470 g/mol. The topological polar surface area (TPSA) is 35.9 Å². The van der Waals surface area contributed by atoms with Gasteiger partial charge in [0, 0.05) is 38.4 Å².